The molecule has 0 aliphatic heterocycles. The summed E-state index contributed by atoms with van der Waals surface area (Å²) in [5, 5.41) is 13.6. The van der Waals surface area contributed by atoms with Crippen LogP contribution in [0.15, 0.2) is 53.3 Å². The van der Waals surface area contributed by atoms with Crippen molar-refractivity contribution in [1.82, 2.24) is 30.6 Å². The van der Waals surface area contributed by atoms with E-state index < -0.39 is 0 Å². The molecule has 0 unspecified atom stereocenters. The molecular weight excluding hydrogens is 320 g/mol. The van der Waals surface area contributed by atoms with Crippen molar-refractivity contribution in [1.29, 1.82) is 0 Å². The molecule has 0 bridgehead atoms. The second-order valence-electron chi connectivity index (χ2n) is 5.57. The predicted molar refractivity (Wildman–Crippen MR) is 91.5 cm³/mol. The van der Waals surface area contributed by atoms with Gasteiger partial charge in [0.05, 0.1) is 6.04 Å². The monoisotopic (exact) mass is 340 g/mol. The summed E-state index contributed by atoms with van der Waals surface area (Å²) in [5.41, 5.74) is 0.844. The molecule has 25 heavy (non-hydrogen) atoms. The average molecular weight is 340 g/mol. The molecule has 0 radical (unpaired) electrons. The number of nitrogens with one attached hydrogen (secondary N) is 2. The van der Waals surface area contributed by atoms with Gasteiger partial charge in [0.1, 0.15) is 0 Å². The standard InChI is InChI=1S/C17H20N6O2/c1-13(15-21-16(25-22-15)14-7-3-2-4-8-14)20-17(24)18-9-5-11-23-12-6-10-19-23/h2-4,6-8,10,12-13H,5,9,11H2,1H3,(H2,18,20,24)/t13-/m0/s1. The maximum atomic E-state index is 11.9. The van der Waals surface area contributed by atoms with Crippen molar-refractivity contribution in [2.75, 3.05) is 6.54 Å². The number of hydrogen-bond acceptors (Lipinski definition) is 5. The molecular formula is C17H20N6O2. The van der Waals surface area contributed by atoms with E-state index in [4.69, 9.17) is 4.52 Å². The Kier molecular flexibility index (Phi) is 5.40. The first kappa shape index (κ1) is 16.7. The van der Waals surface area contributed by atoms with Crippen LogP contribution in [0.25, 0.3) is 11.5 Å². The van der Waals surface area contributed by atoms with Crippen molar-refractivity contribution in [3.8, 4) is 11.5 Å². The third-order valence-corrected chi connectivity index (χ3v) is 3.61. The van der Waals surface area contributed by atoms with Crippen molar-refractivity contribution < 1.29 is 9.32 Å². The molecule has 8 nitrogen and oxygen atoms in total. The van der Waals surface area contributed by atoms with Crippen molar-refractivity contribution in [3.05, 3.63) is 54.6 Å². The van der Waals surface area contributed by atoms with E-state index in [-0.39, 0.29) is 12.1 Å². The fourth-order valence-electron chi connectivity index (χ4n) is 2.30. The minimum Gasteiger partial charge on any atom is -0.338 e. The Balaban J connectivity index is 1.44. The van der Waals surface area contributed by atoms with Gasteiger partial charge in [0, 0.05) is 31.0 Å². The van der Waals surface area contributed by atoms with Crippen molar-refractivity contribution in [3.63, 3.8) is 0 Å². The molecule has 3 aromatic rings. The Labute approximate surface area is 145 Å². The third kappa shape index (κ3) is 4.66. The number of hydrogen-bond donors (Lipinski definition) is 2. The van der Waals surface area contributed by atoms with Gasteiger partial charge in [-0.3, -0.25) is 4.68 Å². The molecule has 1 atom stereocenters. The first-order valence-electron chi connectivity index (χ1n) is 8.13. The zero-order chi connectivity index (χ0) is 17.5. The van der Waals surface area contributed by atoms with Gasteiger partial charge in [-0.25, -0.2) is 4.79 Å². The topological polar surface area (TPSA) is 97.9 Å². The molecule has 2 heterocycles. The minimum atomic E-state index is -0.354. The molecule has 1 aromatic carbocycles. The molecule has 130 valence electrons. The van der Waals surface area contributed by atoms with E-state index in [1.807, 2.05) is 54.2 Å². The highest BCUT2D eigenvalue weighted by Crippen LogP contribution is 2.18. The van der Waals surface area contributed by atoms with E-state index >= 15 is 0 Å². The highest BCUT2D eigenvalue weighted by atomic mass is 16.5. The number of benzene rings is 1. The normalized spacial score (nSPS) is 11.9. The van der Waals surface area contributed by atoms with Gasteiger partial charge in [0.25, 0.3) is 5.89 Å². The second kappa shape index (κ2) is 8.09. The average Bonchev–Trinajstić information content (AvgIpc) is 3.31. The van der Waals surface area contributed by atoms with Crippen molar-refractivity contribution in [2.45, 2.75) is 25.9 Å². The number of nitrogens with zero attached hydrogens (tertiary/aromatic N) is 4. The van der Waals surface area contributed by atoms with E-state index in [1.165, 1.54) is 0 Å². The maximum Gasteiger partial charge on any atom is 0.315 e. The van der Waals surface area contributed by atoms with Gasteiger partial charge in [-0.2, -0.15) is 10.1 Å². The van der Waals surface area contributed by atoms with Gasteiger partial charge in [0.2, 0.25) is 0 Å². The predicted octanol–water partition coefficient (Wildman–Crippen LogP) is 2.38. The molecule has 3 rings (SSSR count). The maximum absolute atomic E-state index is 11.9. The van der Waals surface area contributed by atoms with Crippen LogP contribution in [0, 0.1) is 0 Å². The molecule has 0 fully saturated rings. The minimum absolute atomic E-state index is 0.265. The molecule has 0 spiro atoms. The Hall–Kier alpha value is -3.16. The lowest BCUT2D eigenvalue weighted by atomic mass is 10.2. The van der Waals surface area contributed by atoms with E-state index in [9.17, 15) is 4.79 Å². The van der Waals surface area contributed by atoms with E-state index in [0.29, 0.717) is 18.3 Å². The van der Waals surface area contributed by atoms with Gasteiger partial charge in [-0.05, 0) is 31.5 Å². The molecule has 0 saturated heterocycles. The van der Waals surface area contributed by atoms with Gasteiger partial charge in [0.15, 0.2) is 5.82 Å². The van der Waals surface area contributed by atoms with Crippen LogP contribution in [0.3, 0.4) is 0 Å². The fraction of sp³-hybridized carbons (Fsp3) is 0.294. The summed E-state index contributed by atoms with van der Waals surface area (Å²) in [7, 11) is 0. The van der Waals surface area contributed by atoms with Gasteiger partial charge in [-0.1, -0.05) is 23.4 Å². The highest BCUT2D eigenvalue weighted by molar-refractivity contribution is 5.74. The molecule has 0 aliphatic carbocycles. The first-order chi connectivity index (χ1) is 12.2. The molecule has 0 aliphatic rings. The largest absolute Gasteiger partial charge is 0.338 e. The Morgan fingerprint density at radius 3 is 2.88 bits per heavy atom. The van der Waals surface area contributed by atoms with Gasteiger partial charge >= 0.3 is 6.03 Å². The first-order valence-corrected chi connectivity index (χ1v) is 8.13. The smallest absolute Gasteiger partial charge is 0.315 e. The lowest BCUT2D eigenvalue weighted by Crippen LogP contribution is -2.38. The van der Waals surface area contributed by atoms with Crippen LogP contribution in [0.1, 0.15) is 25.2 Å². The molecule has 2 N–H and O–H groups in total. The second-order valence-corrected chi connectivity index (χ2v) is 5.57. The van der Waals surface area contributed by atoms with Crippen LogP contribution in [0.4, 0.5) is 4.79 Å². The summed E-state index contributed by atoms with van der Waals surface area (Å²) >= 11 is 0. The summed E-state index contributed by atoms with van der Waals surface area (Å²) in [6, 6.07) is 10.8. The summed E-state index contributed by atoms with van der Waals surface area (Å²) in [4.78, 5) is 16.3. The Morgan fingerprint density at radius 1 is 1.28 bits per heavy atom. The van der Waals surface area contributed by atoms with Gasteiger partial charge < -0.3 is 15.2 Å². The number of carbonyl (C=O) groups is 1. The Morgan fingerprint density at radius 2 is 2.12 bits per heavy atom. The SMILES string of the molecule is C[C@H](NC(=O)NCCCn1cccn1)c1noc(-c2ccccc2)n1. The quantitative estimate of drug-likeness (QED) is 0.644. The number of carbonyl (C=O) groups excluding carboxylic acids is 1. The summed E-state index contributed by atoms with van der Waals surface area (Å²) in [5.74, 6) is 0.870. The van der Waals surface area contributed by atoms with Crippen LogP contribution in [-0.4, -0.2) is 32.5 Å². The zero-order valence-electron chi connectivity index (χ0n) is 13.9. The zero-order valence-corrected chi connectivity index (χ0v) is 13.9. The van der Waals surface area contributed by atoms with Crippen molar-refractivity contribution >= 4 is 6.03 Å². The van der Waals surface area contributed by atoms with Crippen LogP contribution in [-0.2, 0) is 6.54 Å². The summed E-state index contributed by atoms with van der Waals surface area (Å²) in [6.07, 6.45) is 4.42. The van der Waals surface area contributed by atoms with Gasteiger partial charge in [-0.15, -0.1) is 0 Å². The third-order valence-electron chi connectivity index (χ3n) is 3.61. The summed E-state index contributed by atoms with van der Waals surface area (Å²) in [6.45, 7) is 3.12. The Bertz CT molecular complexity index is 785. The lowest BCUT2D eigenvalue weighted by molar-refractivity contribution is 0.237. The van der Waals surface area contributed by atoms with E-state index in [2.05, 4.69) is 25.9 Å². The molecule has 0 saturated carbocycles. The molecule has 2 aromatic heterocycles. The van der Waals surface area contributed by atoms with Crippen LogP contribution in [0.5, 0.6) is 0 Å². The van der Waals surface area contributed by atoms with Crippen LogP contribution in [0.2, 0.25) is 0 Å². The number of rotatable bonds is 7. The summed E-state index contributed by atoms with van der Waals surface area (Å²) < 4.78 is 7.08. The number of urea groups is 1. The number of aromatic nitrogens is 4. The molecule has 8 heteroatoms. The van der Waals surface area contributed by atoms with Crippen molar-refractivity contribution in [2.24, 2.45) is 0 Å². The lowest BCUT2D eigenvalue weighted by Gasteiger charge is -2.11. The fourth-order valence-corrected chi connectivity index (χ4v) is 2.30. The van der Waals surface area contributed by atoms with Crippen LogP contribution < -0.4 is 10.6 Å². The van der Waals surface area contributed by atoms with E-state index in [1.54, 1.807) is 6.20 Å². The van der Waals surface area contributed by atoms with E-state index in [0.717, 1.165) is 18.5 Å². The molecule has 2 amide bonds. The number of amides is 2. The van der Waals surface area contributed by atoms with Crippen LogP contribution >= 0.6 is 0 Å². The highest BCUT2D eigenvalue weighted by Gasteiger charge is 2.16. The number of aryl methyl sites for hydroxylation is 1.